The lowest BCUT2D eigenvalue weighted by molar-refractivity contribution is 0.0953. The van der Waals surface area contributed by atoms with Gasteiger partial charge in [-0.15, -0.1) is 11.3 Å². The van der Waals surface area contributed by atoms with E-state index in [4.69, 9.17) is 0 Å². The number of hydrogen-bond acceptors (Lipinski definition) is 4. The molecule has 0 bridgehead atoms. The Morgan fingerprint density at radius 1 is 1.40 bits per heavy atom. The molecule has 0 saturated carbocycles. The molecule has 0 atom stereocenters. The molecule has 0 radical (unpaired) electrons. The van der Waals surface area contributed by atoms with Crippen molar-refractivity contribution in [1.82, 2.24) is 10.3 Å². The molecule has 4 nitrogen and oxygen atoms in total. The summed E-state index contributed by atoms with van der Waals surface area (Å²) >= 11 is 1.57. The van der Waals surface area contributed by atoms with Crippen molar-refractivity contribution in [2.75, 3.05) is 18.4 Å². The van der Waals surface area contributed by atoms with Gasteiger partial charge in [0.1, 0.15) is 0 Å². The SMILES string of the molecule is CCNc1ccc(C(=O)NCCc2cscn2)c(C)c1. The molecule has 106 valence electrons. The second-order valence-corrected chi connectivity index (χ2v) is 5.26. The van der Waals surface area contributed by atoms with Gasteiger partial charge in [0.15, 0.2) is 0 Å². The highest BCUT2D eigenvalue weighted by Gasteiger charge is 2.09. The molecule has 1 aromatic heterocycles. The fourth-order valence-corrected chi connectivity index (χ4v) is 2.59. The van der Waals surface area contributed by atoms with Gasteiger partial charge in [0.25, 0.3) is 5.91 Å². The monoisotopic (exact) mass is 289 g/mol. The minimum Gasteiger partial charge on any atom is -0.385 e. The van der Waals surface area contributed by atoms with Crippen LogP contribution in [0.5, 0.6) is 0 Å². The summed E-state index contributed by atoms with van der Waals surface area (Å²) in [7, 11) is 0. The summed E-state index contributed by atoms with van der Waals surface area (Å²) in [6.45, 7) is 5.49. The van der Waals surface area contributed by atoms with Crippen LogP contribution in [0.25, 0.3) is 0 Å². The molecule has 0 saturated heterocycles. The number of hydrogen-bond donors (Lipinski definition) is 2. The number of aromatic nitrogens is 1. The van der Waals surface area contributed by atoms with Crippen LogP contribution in [0.4, 0.5) is 5.69 Å². The van der Waals surface area contributed by atoms with Gasteiger partial charge in [0.2, 0.25) is 0 Å². The molecule has 0 unspecified atom stereocenters. The number of benzene rings is 1. The molecular weight excluding hydrogens is 270 g/mol. The van der Waals surface area contributed by atoms with E-state index in [-0.39, 0.29) is 5.91 Å². The quantitative estimate of drug-likeness (QED) is 0.860. The molecule has 5 heteroatoms. The molecule has 0 aliphatic rings. The summed E-state index contributed by atoms with van der Waals surface area (Å²) < 4.78 is 0. The highest BCUT2D eigenvalue weighted by atomic mass is 32.1. The van der Waals surface area contributed by atoms with E-state index in [1.807, 2.05) is 30.5 Å². The van der Waals surface area contributed by atoms with E-state index in [1.165, 1.54) is 0 Å². The van der Waals surface area contributed by atoms with Crippen LogP contribution in [0.2, 0.25) is 0 Å². The van der Waals surface area contributed by atoms with Crippen molar-refractivity contribution in [3.63, 3.8) is 0 Å². The highest BCUT2D eigenvalue weighted by Crippen LogP contribution is 2.15. The zero-order valence-corrected chi connectivity index (χ0v) is 12.6. The Labute approximate surface area is 123 Å². The van der Waals surface area contributed by atoms with Crippen molar-refractivity contribution in [2.24, 2.45) is 0 Å². The van der Waals surface area contributed by atoms with Crippen LogP contribution in [0.1, 0.15) is 28.5 Å². The van der Waals surface area contributed by atoms with E-state index in [9.17, 15) is 4.79 Å². The van der Waals surface area contributed by atoms with Gasteiger partial charge in [-0.2, -0.15) is 0 Å². The van der Waals surface area contributed by atoms with Crippen LogP contribution in [0.3, 0.4) is 0 Å². The molecule has 0 fully saturated rings. The molecule has 1 amide bonds. The maximum atomic E-state index is 12.1. The third-order valence-electron chi connectivity index (χ3n) is 3.00. The van der Waals surface area contributed by atoms with Crippen molar-refractivity contribution in [3.05, 3.63) is 45.9 Å². The topological polar surface area (TPSA) is 54.0 Å². The number of carbonyl (C=O) groups is 1. The van der Waals surface area contributed by atoms with E-state index < -0.39 is 0 Å². The van der Waals surface area contributed by atoms with Crippen LogP contribution < -0.4 is 10.6 Å². The number of carbonyl (C=O) groups excluding carboxylic acids is 1. The van der Waals surface area contributed by atoms with E-state index in [2.05, 4.69) is 22.5 Å². The normalized spacial score (nSPS) is 10.3. The van der Waals surface area contributed by atoms with E-state index in [1.54, 1.807) is 16.8 Å². The minimum absolute atomic E-state index is 0.0271. The average Bonchev–Trinajstić information content (AvgIpc) is 2.92. The Bertz CT molecular complexity index is 567. The molecule has 0 spiro atoms. The van der Waals surface area contributed by atoms with Crippen LogP contribution in [-0.2, 0) is 6.42 Å². The van der Waals surface area contributed by atoms with Gasteiger partial charge >= 0.3 is 0 Å². The second kappa shape index (κ2) is 7.05. The van der Waals surface area contributed by atoms with Gasteiger partial charge in [-0.05, 0) is 37.6 Å². The number of nitrogens with one attached hydrogen (secondary N) is 2. The lowest BCUT2D eigenvalue weighted by Crippen LogP contribution is -2.26. The van der Waals surface area contributed by atoms with Crippen molar-refractivity contribution in [3.8, 4) is 0 Å². The molecular formula is C15H19N3OS. The summed E-state index contributed by atoms with van der Waals surface area (Å²) in [5, 5.41) is 8.17. The van der Waals surface area contributed by atoms with Crippen molar-refractivity contribution in [2.45, 2.75) is 20.3 Å². The van der Waals surface area contributed by atoms with Crippen LogP contribution in [-0.4, -0.2) is 24.0 Å². The number of aryl methyl sites for hydroxylation is 1. The molecule has 1 aromatic carbocycles. The Kier molecular flexibility index (Phi) is 5.12. The maximum Gasteiger partial charge on any atom is 0.251 e. The Balaban J connectivity index is 1.91. The molecule has 2 rings (SSSR count). The summed E-state index contributed by atoms with van der Waals surface area (Å²) in [4.78, 5) is 16.3. The molecule has 0 aliphatic carbocycles. The number of rotatable bonds is 6. The molecule has 1 heterocycles. The third kappa shape index (κ3) is 3.81. The van der Waals surface area contributed by atoms with Crippen molar-refractivity contribution >= 4 is 22.9 Å². The maximum absolute atomic E-state index is 12.1. The standard InChI is InChI=1S/C15H19N3OS/c1-3-16-12-4-5-14(11(2)8-12)15(19)17-7-6-13-9-20-10-18-13/h4-5,8-10,16H,3,6-7H2,1-2H3,(H,17,19). The van der Waals surface area contributed by atoms with E-state index >= 15 is 0 Å². The number of nitrogens with zero attached hydrogens (tertiary/aromatic N) is 1. The number of amides is 1. The molecule has 2 aromatic rings. The lowest BCUT2D eigenvalue weighted by Gasteiger charge is -2.10. The Morgan fingerprint density at radius 3 is 2.90 bits per heavy atom. The van der Waals surface area contributed by atoms with Gasteiger partial charge in [0.05, 0.1) is 11.2 Å². The lowest BCUT2D eigenvalue weighted by atomic mass is 10.1. The minimum atomic E-state index is -0.0271. The van der Waals surface area contributed by atoms with Gasteiger partial charge in [-0.1, -0.05) is 0 Å². The highest BCUT2D eigenvalue weighted by molar-refractivity contribution is 7.07. The predicted octanol–water partition coefficient (Wildman–Crippen LogP) is 2.86. The van der Waals surface area contributed by atoms with E-state index in [0.29, 0.717) is 6.54 Å². The van der Waals surface area contributed by atoms with Gasteiger partial charge in [0, 0.05) is 36.1 Å². The van der Waals surface area contributed by atoms with Crippen LogP contribution >= 0.6 is 11.3 Å². The van der Waals surface area contributed by atoms with Crippen LogP contribution in [0, 0.1) is 6.92 Å². The summed E-state index contributed by atoms with van der Waals surface area (Å²) in [6.07, 6.45) is 0.768. The number of thiazole rings is 1. The fraction of sp³-hybridized carbons (Fsp3) is 0.333. The Hall–Kier alpha value is -1.88. The average molecular weight is 289 g/mol. The first kappa shape index (κ1) is 14.5. The summed E-state index contributed by atoms with van der Waals surface area (Å²) in [5.41, 5.74) is 5.58. The van der Waals surface area contributed by atoms with Crippen molar-refractivity contribution in [1.29, 1.82) is 0 Å². The number of anilines is 1. The fourth-order valence-electron chi connectivity index (χ4n) is 1.99. The molecule has 2 N–H and O–H groups in total. The zero-order valence-electron chi connectivity index (χ0n) is 11.8. The summed E-state index contributed by atoms with van der Waals surface area (Å²) in [6, 6.07) is 5.80. The predicted molar refractivity (Wildman–Crippen MR) is 83.5 cm³/mol. The summed E-state index contributed by atoms with van der Waals surface area (Å²) in [5.74, 6) is -0.0271. The Morgan fingerprint density at radius 2 is 2.25 bits per heavy atom. The zero-order chi connectivity index (χ0) is 14.4. The largest absolute Gasteiger partial charge is 0.385 e. The van der Waals surface area contributed by atoms with Crippen molar-refractivity contribution < 1.29 is 4.79 Å². The van der Waals surface area contributed by atoms with Gasteiger partial charge < -0.3 is 10.6 Å². The van der Waals surface area contributed by atoms with Crippen LogP contribution in [0.15, 0.2) is 29.1 Å². The first-order chi connectivity index (χ1) is 9.70. The smallest absolute Gasteiger partial charge is 0.251 e. The molecule has 20 heavy (non-hydrogen) atoms. The third-order valence-corrected chi connectivity index (χ3v) is 3.64. The first-order valence-corrected chi connectivity index (χ1v) is 7.64. The molecule has 0 aliphatic heterocycles. The van der Waals surface area contributed by atoms with Gasteiger partial charge in [-0.25, -0.2) is 4.98 Å². The van der Waals surface area contributed by atoms with E-state index in [0.717, 1.165) is 35.5 Å². The van der Waals surface area contributed by atoms with Gasteiger partial charge in [-0.3, -0.25) is 4.79 Å². The first-order valence-electron chi connectivity index (χ1n) is 6.70. The second-order valence-electron chi connectivity index (χ2n) is 4.55.